The lowest BCUT2D eigenvalue weighted by Crippen LogP contribution is -2.25. The number of aromatic nitrogens is 2. The van der Waals surface area contributed by atoms with E-state index in [0.717, 1.165) is 12.4 Å². The molecule has 0 radical (unpaired) electrons. The summed E-state index contributed by atoms with van der Waals surface area (Å²) in [7, 11) is 1.63. The second-order valence-electron chi connectivity index (χ2n) is 5.10. The van der Waals surface area contributed by atoms with Gasteiger partial charge in [-0.15, -0.1) is 0 Å². The Morgan fingerprint density at radius 3 is 2.75 bits per heavy atom. The molecule has 1 saturated heterocycles. The van der Waals surface area contributed by atoms with Crippen LogP contribution in [0.1, 0.15) is 5.56 Å². The lowest BCUT2D eigenvalue weighted by atomic mass is 10.2. The van der Waals surface area contributed by atoms with Gasteiger partial charge in [0.1, 0.15) is 6.10 Å². The van der Waals surface area contributed by atoms with Gasteiger partial charge in [-0.2, -0.15) is 5.10 Å². The SMILES string of the molecule is CO[C@@H]1CN(c2ccn(Cc3ccccc3)n2)C[C@@H]1O. The van der Waals surface area contributed by atoms with Gasteiger partial charge in [0.2, 0.25) is 0 Å². The Morgan fingerprint density at radius 2 is 2.05 bits per heavy atom. The Balaban J connectivity index is 1.68. The lowest BCUT2D eigenvalue weighted by Gasteiger charge is -2.14. The number of nitrogens with zero attached hydrogens (tertiary/aromatic N) is 3. The average Bonchev–Trinajstić information content (AvgIpc) is 3.06. The Labute approximate surface area is 118 Å². The van der Waals surface area contributed by atoms with Gasteiger partial charge in [-0.1, -0.05) is 30.3 Å². The van der Waals surface area contributed by atoms with Crippen LogP contribution in [0, 0.1) is 0 Å². The molecular formula is C15H19N3O2. The van der Waals surface area contributed by atoms with Crippen molar-refractivity contribution < 1.29 is 9.84 Å². The molecule has 0 spiro atoms. The first-order valence-corrected chi connectivity index (χ1v) is 6.79. The van der Waals surface area contributed by atoms with E-state index >= 15 is 0 Å². The fraction of sp³-hybridized carbons (Fsp3) is 0.400. The number of hydrogen-bond donors (Lipinski definition) is 1. The number of methoxy groups -OCH3 is 1. The van der Waals surface area contributed by atoms with Crippen LogP contribution in [-0.4, -0.2) is 47.3 Å². The number of aliphatic hydroxyl groups excluding tert-OH is 1. The van der Waals surface area contributed by atoms with E-state index in [-0.39, 0.29) is 6.10 Å². The Kier molecular flexibility index (Phi) is 3.71. The molecule has 1 N–H and O–H groups in total. The zero-order valence-corrected chi connectivity index (χ0v) is 11.5. The largest absolute Gasteiger partial charge is 0.388 e. The van der Waals surface area contributed by atoms with Crippen molar-refractivity contribution in [3.05, 3.63) is 48.2 Å². The van der Waals surface area contributed by atoms with Gasteiger partial charge in [0.25, 0.3) is 0 Å². The maximum atomic E-state index is 9.86. The second-order valence-corrected chi connectivity index (χ2v) is 5.10. The fourth-order valence-corrected chi connectivity index (χ4v) is 2.55. The standard InChI is InChI=1S/C15H19N3O2/c1-20-14-11-17(10-13(14)19)15-7-8-18(16-15)9-12-5-3-2-4-6-12/h2-8,13-14,19H,9-11H2,1H3/t13-,14+/m0/s1. The molecule has 3 rings (SSSR count). The summed E-state index contributed by atoms with van der Waals surface area (Å²) in [6.07, 6.45) is 1.39. The third-order valence-electron chi connectivity index (χ3n) is 3.68. The zero-order valence-electron chi connectivity index (χ0n) is 11.5. The third kappa shape index (κ3) is 2.69. The maximum absolute atomic E-state index is 9.86. The number of ether oxygens (including phenoxy) is 1. The summed E-state index contributed by atoms with van der Waals surface area (Å²) in [5.74, 6) is 0.888. The minimum atomic E-state index is -0.445. The third-order valence-corrected chi connectivity index (χ3v) is 3.68. The van der Waals surface area contributed by atoms with E-state index in [0.29, 0.717) is 13.1 Å². The molecule has 0 bridgehead atoms. The van der Waals surface area contributed by atoms with Crippen LogP contribution in [-0.2, 0) is 11.3 Å². The molecular weight excluding hydrogens is 254 g/mol. The summed E-state index contributed by atoms with van der Waals surface area (Å²) in [6, 6.07) is 12.2. The highest BCUT2D eigenvalue weighted by atomic mass is 16.5. The Bertz CT molecular complexity index is 555. The second kappa shape index (κ2) is 5.64. The van der Waals surface area contributed by atoms with Gasteiger partial charge in [-0.25, -0.2) is 0 Å². The maximum Gasteiger partial charge on any atom is 0.150 e. The molecule has 2 atom stereocenters. The molecule has 1 fully saturated rings. The van der Waals surface area contributed by atoms with Crippen molar-refractivity contribution in [2.45, 2.75) is 18.8 Å². The van der Waals surface area contributed by atoms with Gasteiger partial charge in [-0.3, -0.25) is 4.68 Å². The highest BCUT2D eigenvalue weighted by Crippen LogP contribution is 2.20. The summed E-state index contributed by atoms with van der Waals surface area (Å²) in [5.41, 5.74) is 1.22. The number of β-amino-alcohol motifs (C(OH)–C–C–N with tert-alkyl or cyclic N) is 1. The van der Waals surface area contributed by atoms with Crippen molar-refractivity contribution in [2.75, 3.05) is 25.1 Å². The van der Waals surface area contributed by atoms with Crippen LogP contribution in [0.2, 0.25) is 0 Å². The predicted molar refractivity (Wildman–Crippen MR) is 76.8 cm³/mol. The van der Waals surface area contributed by atoms with Gasteiger partial charge in [-0.05, 0) is 5.56 Å². The normalized spacial score (nSPS) is 22.4. The van der Waals surface area contributed by atoms with Crippen molar-refractivity contribution >= 4 is 5.82 Å². The molecule has 2 heterocycles. The molecule has 1 aliphatic rings. The zero-order chi connectivity index (χ0) is 13.9. The molecule has 5 heteroatoms. The van der Waals surface area contributed by atoms with Crippen LogP contribution >= 0.6 is 0 Å². The molecule has 1 aliphatic heterocycles. The van der Waals surface area contributed by atoms with E-state index in [4.69, 9.17) is 4.74 Å². The lowest BCUT2D eigenvalue weighted by molar-refractivity contribution is 0.0217. The van der Waals surface area contributed by atoms with E-state index in [2.05, 4.69) is 22.1 Å². The summed E-state index contributed by atoms with van der Waals surface area (Å²) >= 11 is 0. The summed E-state index contributed by atoms with van der Waals surface area (Å²) < 4.78 is 7.17. The Hall–Kier alpha value is -1.85. The summed E-state index contributed by atoms with van der Waals surface area (Å²) in [4.78, 5) is 2.06. The highest BCUT2D eigenvalue weighted by molar-refractivity contribution is 5.39. The van der Waals surface area contributed by atoms with Crippen molar-refractivity contribution in [3.63, 3.8) is 0 Å². The molecule has 0 unspecified atom stereocenters. The van der Waals surface area contributed by atoms with Crippen molar-refractivity contribution in [1.29, 1.82) is 0 Å². The number of anilines is 1. The Morgan fingerprint density at radius 1 is 1.25 bits per heavy atom. The van der Waals surface area contributed by atoms with E-state index < -0.39 is 6.10 Å². The topological polar surface area (TPSA) is 50.5 Å². The quantitative estimate of drug-likeness (QED) is 0.907. The molecule has 5 nitrogen and oxygen atoms in total. The van der Waals surface area contributed by atoms with Gasteiger partial charge < -0.3 is 14.7 Å². The molecule has 0 aliphatic carbocycles. The van der Waals surface area contributed by atoms with Gasteiger partial charge in [0.05, 0.1) is 12.6 Å². The van der Waals surface area contributed by atoms with Crippen molar-refractivity contribution in [3.8, 4) is 0 Å². The first-order valence-electron chi connectivity index (χ1n) is 6.79. The van der Waals surface area contributed by atoms with Gasteiger partial charge in [0.15, 0.2) is 5.82 Å². The average molecular weight is 273 g/mol. The summed E-state index contributed by atoms with van der Waals surface area (Å²) in [6.45, 7) is 2.01. The van der Waals surface area contributed by atoms with Crippen LogP contribution < -0.4 is 4.90 Å². The minimum absolute atomic E-state index is 0.130. The number of aliphatic hydroxyl groups is 1. The van der Waals surface area contributed by atoms with Crippen LogP contribution in [0.15, 0.2) is 42.6 Å². The first kappa shape index (κ1) is 13.1. The number of rotatable bonds is 4. The van der Waals surface area contributed by atoms with Crippen molar-refractivity contribution in [2.24, 2.45) is 0 Å². The molecule has 1 aromatic heterocycles. The smallest absolute Gasteiger partial charge is 0.150 e. The van der Waals surface area contributed by atoms with Crippen LogP contribution in [0.4, 0.5) is 5.82 Å². The minimum Gasteiger partial charge on any atom is -0.388 e. The predicted octanol–water partition coefficient (Wildman–Crippen LogP) is 1.13. The molecule has 0 amide bonds. The first-order chi connectivity index (χ1) is 9.76. The monoisotopic (exact) mass is 273 g/mol. The van der Waals surface area contributed by atoms with Crippen molar-refractivity contribution in [1.82, 2.24) is 9.78 Å². The van der Waals surface area contributed by atoms with Crippen LogP contribution in [0.25, 0.3) is 0 Å². The molecule has 1 aromatic carbocycles. The van der Waals surface area contributed by atoms with E-state index in [1.165, 1.54) is 5.56 Å². The van der Waals surface area contributed by atoms with Crippen LogP contribution in [0.5, 0.6) is 0 Å². The van der Waals surface area contributed by atoms with E-state index in [1.807, 2.05) is 35.1 Å². The van der Waals surface area contributed by atoms with Gasteiger partial charge >= 0.3 is 0 Å². The van der Waals surface area contributed by atoms with E-state index in [9.17, 15) is 5.11 Å². The molecule has 20 heavy (non-hydrogen) atoms. The number of hydrogen-bond acceptors (Lipinski definition) is 4. The molecule has 106 valence electrons. The van der Waals surface area contributed by atoms with Gasteiger partial charge in [0, 0.05) is 32.5 Å². The number of benzene rings is 1. The highest BCUT2D eigenvalue weighted by Gasteiger charge is 2.32. The molecule has 2 aromatic rings. The molecule has 0 saturated carbocycles. The van der Waals surface area contributed by atoms with E-state index in [1.54, 1.807) is 7.11 Å². The summed E-state index contributed by atoms with van der Waals surface area (Å²) in [5, 5.41) is 14.4. The fourth-order valence-electron chi connectivity index (χ4n) is 2.55. The van der Waals surface area contributed by atoms with Crippen LogP contribution in [0.3, 0.4) is 0 Å².